The summed E-state index contributed by atoms with van der Waals surface area (Å²) >= 11 is 0. The van der Waals surface area contributed by atoms with Crippen molar-refractivity contribution in [1.82, 2.24) is 0 Å². The maximum absolute atomic E-state index is 12.8. The van der Waals surface area contributed by atoms with Crippen LogP contribution in [0.15, 0.2) is 36.4 Å². The molecule has 0 aromatic heterocycles. The van der Waals surface area contributed by atoms with Gasteiger partial charge in [-0.15, -0.1) is 0 Å². The fourth-order valence-corrected chi connectivity index (χ4v) is 4.05. The van der Waals surface area contributed by atoms with Gasteiger partial charge in [0.15, 0.2) is 0 Å². The number of carbonyl (C=O) groups excluding carboxylic acids is 2. The van der Waals surface area contributed by atoms with Crippen molar-refractivity contribution < 1.29 is 14.3 Å². The number of hydrogen-bond acceptors (Lipinski definition) is 3. The number of fused-ring (bicyclic) bond motifs is 5. The predicted molar refractivity (Wildman–Crippen MR) is 77.7 cm³/mol. The highest BCUT2D eigenvalue weighted by molar-refractivity contribution is 6.23. The Balaban J connectivity index is 1.82. The fraction of sp³-hybridized carbons (Fsp3) is 0.412. The molecule has 2 saturated heterocycles. The molecule has 0 spiro atoms. The lowest BCUT2D eigenvalue weighted by Gasteiger charge is -2.25. The molecule has 1 aromatic carbocycles. The standard InChI is InChI=1S/C17H17NO3/c1-10-5-4-6-11(9-10)18-14(19)12-13(15(18)20)17(3)8-7-16(12,2)21-17/h4-9,12-13H,1-3H3/t12-,13-,16+,17+/m0/s1. The molecule has 21 heavy (non-hydrogen) atoms. The van der Waals surface area contributed by atoms with Crippen molar-refractivity contribution in [3.8, 4) is 0 Å². The van der Waals surface area contributed by atoms with Crippen LogP contribution in [0.4, 0.5) is 5.69 Å². The Kier molecular flexibility index (Phi) is 2.21. The third-order valence-corrected chi connectivity index (χ3v) is 4.99. The molecule has 0 unspecified atom stereocenters. The van der Waals surface area contributed by atoms with Gasteiger partial charge >= 0.3 is 0 Å². The van der Waals surface area contributed by atoms with Gasteiger partial charge < -0.3 is 4.74 Å². The Bertz CT molecular complexity index is 674. The molecule has 4 atom stereocenters. The van der Waals surface area contributed by atoms with Crippen molar-refractivity contribution in [2.45, 2.75) is 32.0 Å². The van der Waals surface area contributed by atoms with Crippen molar-refractivity contribution in [2.24, 2.45) is 11.8 Å². The van der Waals surface area contributed by atoms with E-state index in [0.717, 1.165) is 5.56 Å². The summed E-state index contributed by atoms with van der Waals surface area (Å²) in [6.07, 6.45) is 3.86. The summed E-state index contributed by atoms with van der Waals surface area (Å²) in [5, 5.41) is 0. The SMILES string of the molecule is Cc1cccc(N2C(=O)[C@@H]3[C@@H](C2=O)[C@@]2(C)C=C[C@@]3(C)O2)c1. The lowest BCUT2D eigenvalue weighted by Crippen LogP contribution is -2.39. The van der Waals surface area contributed by atoms with Gasteiger partial charge in [0.25, 0.3) is 0 Å². The topological polar surface area (TPSA) is 46.6 Å². The fourth-order valence-electron chi connectivity index (χ4n) is 4.05. The first-order valence-electron chi connectivity index (χ1n) is 7.21. The van der Waals surface area contributed by atoms with Gasteiger partial charge in [0.1, 0.15) is 0 Å². The first-order chi connectivity index (χ1) is 9.86. The van der Waals surface area contributed by atoms with Gasteiger partial charge in [-0.3, -0.25) is 9.59 Å². The number of aryl methyl sites for hydroxylation is 1. The first-order valence-corrected chi connectivity index (χ1v) is 7.21. The molecule has 4 nitrogen and oxygen atoms in total. The van der Waals surface area contributed by atoms with Gasteiger partial charge in [0, 0.05) is 0 Å². The Morgan fingerprint density at radius 2 is 1.62 bits per heavy atom. The number of ether oxygens (including phenoxy) is 1. The monoisotopic (exact) mass is 283 g/mol. The third-order valence-electron chi connectivity index (χ3n) is 4.99. The van der Waals surface area contributed by atoms with E-state index in [2.05, 4.69) is 0 Å². The zero-order chi connectivity index (χ0) is 15.0. The van der Waals surface area contributed by atoms with Crippen LogP contribution in [-0.2, 0) is 14.3 Å². The van der Waals surface area contributed by atoms with E-state index >= 15 is 0 Å². The van der Waals surface area contributed by atoms with Gasteiger partial charge in [-0.2, -0.15) is 0 Å². The van der Waals surface area contributed by atoms with Gasteiger partial charge in [-0.1, -0.05) is 24.3 Å². The Morgan fingerprint density at radius 1 is 1.05 bits per heavy atom. The van der Waals surface area contributed by atoms with Crippen LogP contribution < -0.4 is 4.90 Å². The summed E-state index contributed by atoms with van der Waals surface area (Å²) in [6.45, 7) is 5.74. The van der Waals surface area contributed by atoms with Gasteiger partial charge in [-0.05, 0) is 38.5 Å². The molecular formula is C17H17NO3. The van der Waals surface area contributed by atoms with Crippen LogP contribution in [0, 0.1) is 18.8 Å². The number of benzene rings is 1. The summed E-state index contributed by atoms with van der Waals surface area (Å²) in [4.78, 5) is 27.0. The summed E-state index contributed by atoms with van der Waals surface area (Å²) in [5.41, 5.74) is 0.362. The third kappa shape index (κ3) is 1.43. The van der Waals surface area contributed by atoms with Crippen molar-refractivity contribution >= 4 is 17.5 Å². The zero-order valence-electron chi connectivity index (χ0n) is 12.3. The van der Waals surface area contributed by atoms with Crippen LogP contribution in [0.5, 0.6) is 0 Å². The molecule has 1 aromatic rings. The van der Waals surface area contributed by atoms with E-state index in [0.29, 0.717) is 5.69 Å². The Hall–Kier alpha value is -1.94. The molecule has 2 amide bonds. The highest BCUT2D eigenvalue weighted by atomic mass is 16.5. The summed E-state index contributed by atoms with van der Waals surface area (Å²) in [5.74, 6) is -1.13. The molecular weight excluding hydrogens is 266 g/mol. The van der Waals surface area contributed by atoms with Crippen LogP contribution in [0.25, 0.3) is 0 Å². The lowest BCUT2D eigenvalue weighted by molar-refractivity contribution is -0.128. The Morgan fingerprint density at radius 3 is 2.14 bits per heavy atom. The quantitative estimate of drug-likeness (QED) is 0.586. The minimum atomic E-state index is -0.662. The van der Waals surface area contributed by atoms with Crippen LogP contribution in [0.1, 0.15) is 19.4 Å². The van der Waals surface area contributed by atoms with E-state index in [1.807, 2.05) is 57.2 Å². The van der Waals surface area contributed by atoms with Gasteiger partial charge in [-0.25, -0.2) is 4.90 Å². The second-order valence-corrected chi connectivity index (χ2v) is 6.61. The molecule has 0 aliphatic carbocycles. The maximum Gasteiger partial charge on any atom is 0.241 e. The number of amides is 2. The molecule has 3 heterocycles. The first kappa shape index (κ1) is 12.8. The number of hydrogen-bond donors (Lipinski definition) is 0. The molecule has 108 valence electrons. The Labute approximate surface area is 123 Å². The molecule has 0 radical (unpaired) electrons. The molecule has 4 heteroatoms. The molecule has 2 bridgehead atoms. The van der Waals surface area contributed by atoms with Crippen LogP contribution in [-0.4, -0.2) is 23.0 Å². The van der Waals surface area contributed by atoms with Gasteiger partial charge in [0.2, 0.25) is 11.8 Å². The van der Waals surface area contributed by atoms with Gasteiger partial charge in [0.05, 0.1) is 28.7 Å². The second kappa shape index (κ2) is 3.63. The van der Waals surface area contributed by atoms with E-state index in [1.165, 1.54) is 4.90 Å². The average molecular weight is 283 g/mol. The lowest BCUT2D eigenvalue weighted by atomic mass is 9.73. The minimum absolute atomic E-state index is 0.147. The molecule has 4 rings (SSSR count). The number of rotatable bonds is 1. The molecule has 3 aliphatic heterocycles. The highest BCUT2D eigenvalue weighted by Crippen LogP contribution is 2.57. The van der Waals surface area contributed by atoms with E-state index in [9.17, 15) is 9.59 Å². The second-order valence-electron chi connectivity index (χ2n) is 6.61. The van der Waals surface area contributed by atoms with E-state index in [-0.39, 0.29) is 11.8 Å². The molecule has 0 N–H and O–H groups in total. The summed E-state index contributed by atoms with van der Waals surface area (Å²) in [7, 11) is 0. The summed E-state index contributed by atoms with van der Waals surface area (Å²) in [6, 6.07) is 7.50. The molecule has 0 saturated carbocycles. The minimum Gasteiger partial charge on any atom is -0.359 e. The van der Waals surface area contributed by atoms with Crippen LogP contribution in [0.2, 0.25) is 0 Å². The van der Waals surface area contributed by atoms with Crippen molar-refractivity contribution in [2.75, 3.05) is 4.90 Å². The van der Waals surface area contributed by atoms with E-state index in [1.54, 1.807) is 0 Å². The smallest absolute Gasteiger partial charge is 0.241 e. The number of carbonyl (C=O) groups is 2. The zero-order valence-corrected chi connectivity index (χ0v) is 12.3. The summed E-state index contributed by atoms with van der Waals surface area (Å²) < 4.78 is 5.98. The number of anilines is 1. The largest absolute Gasteiger partial charge is 0.359 e. The van der Waals surface area contributed by atoms with E-state index in [4.69, 9.17) is 4.74 Å². The number of nitrogens with zero attached hydrogens (tertiary/aromatic N) is 1. The van der Waals surface area contributed by atoms with Crippen molar-refractivity contribution in [3.05, 3.63) is 42.0 Å². The van der Waals surface area contributed by atoms with Crippen LogP contribution in [0.3, 0.4) is 0 Å². The number of imide groups is 1. The van der Waals surface area contributed by atoms with Crippen LogP contribution >= 0.6 is 0 Å². The van der Waals surface area contributed by atoms with E-state index < -0.39 is 23.0 Å². The van der Waals surface area contributed by atoms with Crippen molar-refractivity contribution in [1.29, 1.82) is 0 Å². The highest BCUT2D eigenvalue weighted by Gasteiger charge is 2.70. The molecule has 3 aliphatic rings. The molecule has 2 fully saturated rings. The maximum atomic E-state index is 12.8. The average Bonchev–Trinajstić information content (AvgIpc) is 2.95. The predicted octanol–water partition coefficient (Wildman–Crippen LogP) is 2.22. The van der Waals surface area contributed by atoms with Crippen molar-refractivity contribution in [3.63, 3.8) is 0 Å². The normalized spacial score (nSPS) is 40.2.